The normalized spacial score (nSPS) is 40.6. The largest absolute Gasteiger partial charge is 0.376 e. The van der Waals surface area contributed by atoms with Crippen molar-refractivity contribution >= 4 is 17.2 Å². The maximum atomic E-state index is 15.3. The average Bonchev–Trinajstić information content (AvgIpc) is 2.74. The Morgan fingerprint density at radius 2 is 1.77 bits per heavy atom. The van der Waals surface area contributed by atoms with E-state index >= 15 is 8.78 Å². The summed E-state index contributed by atoms with van der Waals surface area (Å²) in [5, 5.41) is 3.63. The van der Waals surface area contributed by atoms with Gasteiger partial charge in [0.05, 0.1) is 4.99 Å². The van der Waals surface area contributed by atoms with Crippen LogP contribution in [0.3, 0.4) is 0 Å². The second kappa shape index (κ2) is 8.12. The summed E-state index contributed by atoms with van der Waals surface area (Å²) in [6, 6.07) is 11.0. The van der Waals surface area contributed by atoms with Crippen LogP contribution in [0.2, 0.25) is 0 Å². The number of nitrogens with one attached hydrogen (secondary N) is 1. The summed E-state index contributed by atoms with van der Waals surface area (Å²) in [7, 11) is 0. The molecular formula is C25H36F2N2S. The molecule has 0 amide bonds. The lowest BCUT2D eigenvalue weighted by Gasteiger charge is -2.58. The van der Waals surface area contributed by atoms with E-state index < -0.39 is 17.8 Å². The molecule has 3 aliphatic carbocycles. The van der Waals surface area contributed by atoms with Crippen molar-refractivity contribution in [2.24, 2.45) is 23.0 Å². The van der Waals surface area contributed by atoms with E-state index in [2.05, 4.69) is 24.4 Å². The van der Waals surface area contributed by atoms with Crippen molar-refractivity contribution in [2.45, 2.75) is 95.1 Å². The Kier molecular flexibility index (Phi) is 6.00. The van der Waals surface area contributed by atoms with Gasteiger partial charge in [0.25, 0.3) is 5.92 Å². The first kappa shape index (κ1) is 22.1. The zero-order valence-electron chi connectivity index (χ0n) is 18.3. The van der Waals surface area contributed by atoms with Gasteiger partial charge in [-0.05, 0) is 68.8 Å². The summed E-state index contributed by atoms with van der Waals surface area (Å²) in [6.07, 6.45) is 7.31. The molecule has 166 valence electrons. The van der Waals surface area contributed by atoms with E-state index in [0.717, 1.165) is 43.5 Å². The first-order valence-electron chi connectivity index (χ1n) is 11.7. The van der Waals surface area contributed by atoms with Crippen molar-refractivity contribution in [2.75, 3.05) is 0 Å². The molecule has 0 aromatic heterocycles. The van der Waals surface area contributed by atoms with E-state index in [1.54, 1.807) is 6.92 Å². The maximum absolute atomic E-state index is 15.3. The molecule has 5 heteroatoms. The summed E-state index contributed by atoms with van der Waals surface area (Å²) in [5.74, 6) is -3.85. The van der Waals surface area contributed by atoms with Crippen molar-refractivity contribution in [3.8, 4) is 0 Å². The number of thiocarbonyl (C=S) groups is 1. The third kappa shape index (κ3) is 3.81. The van der Waals surface area contributed by atoms with Crippen molar-refractivity contribution in [1.29, 1.82) is 0 Å². The summed E-state index contributed by atoms with van der Waals surface area (Å²) in [5.41, 5.74) is 6.69. The van der Waals surface area contributed by atoms with E-state index in [1.807, 2.05) is 18.2 Å². The smallest absolute Gasteiger partial charge is 0.253 e. The number of alkyl halides is 2. The standard InChI is InChI=1S/C25H36F2N2S/c1-3-23(22(30)29-21-11-9-20(28)10-12-21)14-19-15-24(16-23,13-17(2)25(19,26)27)18-7-5-4-6-8-18/h4-8,17,19-21H,3,9-16,28H2,1-2H3,(H,29,30)/t17?,19?,20-,21-,23?,24?. The fourth-order valence-corrected chi connectivity index (χ4v) is 7.16. The molecule has 3 N–H and O–H groups in total. The van der Waals surface area contributed by atoms with Crippen LogP contribution < -0.4 is 11.1 Å². The second-order valence-electron chi connectivity index (χ2n) is 10.4. The van der Waals surface area contributed by atoms with Gasteiger partial charge in [-0.3, -0.25) is 0 Å². The van der Waals surface area contributed by atoms with Gasteiger partial charge in [-0.2, -0.15) is 0 Å². The van der Waals surface area contributed by atoms with E-state index in [0.29, 0.717) is 25.3 Å². The predicted octanol–water partition coefficient (Wildman–Crippen LogP) is 5.98. The van der Waals surface area contributed by atoms with Crippen LogP contribution in [0.5, 0.6) is 0 Å². The molecule has 1 aromatic rings. The second-order valence-corrected chi connectivity index (χ2v) is 10.8. The predicted molar refractivity (Wildman–Crippen MR) is 123 cm³/mol. The molecule has 0 spiro atoms. The first-order valence-corrected chi connectivity index (χ1v) is 12.1. The van der Waals surface area contributed by atoms with Crippen LogP contribution in [-0.4, -0.2) is 23.0 Å². The minimum atomic E-state index is -2.63. The van der Waals surface area contributed by atoms with Gasteiger partial charge < -0.3 is 11.1 Å². The number of fused-ring (bicyclic) bond motifs is 2. The van der Waals surface area contributed by atoms with Crippen LogP contribution in [-0.2, 0) is 5.41 Å². The third-order valence-electron chi connectivity index (χ3n) is 8.50. The summed E-state index contributed by atoms with van der Waals surface area (Å²) in [6.45, 7) is 3.87. The van der Waals surface area contributed by atoms with Gasteiger partial charge >= 0.3 is 0 Å². The number of halogens is 2. The van der Waals surface area contributed by atoms with Gasteiger partial charge in [0.2, 0.25) is 0 Å². The quantitative estimate of drug-likeness (QED) is 0.572. The Balaban J connectivity index is 1.66. The molecule has 4 unspecified atom stereocenters. The number of rotatable bonds is 4. The zero-order valence-corrected chi connectivity index (χ0v) is 19.1. The van der Waals surface area contributed by atoms with E-state index in [4.69, 9.17) is 18.0 Å². The molecule has 1 aromatic carbocycles. The summed E-state index contributed by atoms with van der Waals surface area (Å²) >= 11 is 5.99. The maximum Gasteiger partial charge on any atom is 0.253 e. The summed E-state index contributed by atoms with van der Waals surface area (Å²) in [4.78, 5) is 0.820. The Morgan fingerprint density at radius 1 is 1.10 bits per heavy atom. The summed E-state index contributed by atoms with van der Waals surface area (Å²) < 4.78 is 30.6. The topological polar surface area (TPSA) is 38.0 Å². The van der Waals surface area contributed by atoms with Crippen LogP contribution in [0.1, 0.15) is 77.2 Å². The van der Waals surface area contributed by atoms with Gasteiger partial charge in [0.15, 0.2) is 0 Å². The SMILES string of the molecule is CCC1(C(=S)N[C@H]2CC[C@H](N)CC2)CC2CC(c3ccccc3)(CC(C)C2(F)F)C1. The van der Waals surface area contributed by atoms with Crippen LogP contribution in [0.15, 0.2) is 30.3 Å². The lowest BCUT2D eigenvalue weighted by molar-refractivity contribution is -0.172. The van der Waals surface area contributed by atoms with Crippen LogP contribution in [0.4, 0.5) is 8.78 Å². The molecule has 3 saturated carbocycles. The Morgan fingerprint density at radius 3 is 2.40 bits per heavy atom. The lowest BCUT2D eigenvalue weighted by atomic mass is 9.48. The van der Waals surface area contributed by atoms with Crippen LogP contribution in [0.25, 0.3) is 0 Å². The molecule has 0 radical (unpaired) electrons. The molecule has 2 bridgehead atoms. The van der Waals surface area contributed by atoms with E-state index in [1.165, 1.54) is 5.56 Å². The molecule has 0 aliphatic heterocycles. The molecule has 4 atom stereocenters. The molecule has 4 rings (SSSR count). The minimum absolute atomic E-state index is 0.220. The fraction of sp³-hybridized carbons (Fsp3) is 0.720. The first-order chi connectivity index (χ1) is 14.2. The fourth-order valence-electron chi connectivity index (χ4n) is 6.69. The number of nitrogens with two attached hydrogens (primary N) is 1. The Hall–Kier alpha value is -1.07. The Bertz CT molecular complexity index is 758. The highest BCUT2D eigenvalue weighted by Gasteiger charge is 2.62. The van der Waals surface area contributed by atoms with Gasteiger partial charge in [-0.25, -0.2) is 8.78 Å². The van der Waals surface area contributed by atoms with Crippen molar-refractivity contribution in [3.05, 3.63) is 35.9 Å². The van der Waals surface area contributed by atoms with Crippen molar-refractivity contribution in [3.63, 3.8) is 0 Å². The zero-order chi connectivity index (χ0) is 21.6. The minimum Gasteiger partial charge on any atom is -0.376 e. The average molecular weight is 435 g/mol. The van der Waals surface area contributed by atoms with E-state index in [-0.39, 0.29) is 16.9 Å². The Labute approximate surface area is 185 Å². The number of hydrogen-bond donors (Lipinski definition) is 2. The van der Waals surface area contributed by atoms with E-state index in [9.17, 15) is 0 Å². The molecule has 0 heterocycles. The van der Waals surface area contributed by atoms with Gasteiger partial charge in [0, 0.05) is 29.3 Å². The molecule has 3 aliphatic rings. The van der Waals surface area contributed by atoms with Crippen LogP contribution >= 0.6 is 12.2 Å². The molecule has 3 fully saturated rings. The molecule has 0 saturated heterocycles. The van der Waals surface area contributed by atoms with Gasteiger partial charge in [-0.15, -0.1) is 0 Å². The number of benzene rings is 1. The molecular weight excluding hydrogens is 398 g/mol. The molecule has 30 heavy (non-hydrogen) atoms. The highest BCUT2D eigenvalue weighted by atomic mass is 32.1. The van der Waals surface area contributed by atoms with Crippen LogP contribution in [0, 0.1) is 17.3 Å². The highest BCUT2D eigenvalue weighted by Crippen LogP contribution is 2.63. The van der Waals surface area contributed by atoms with Crippen molar-refractivity contribution < 1.29 is 8.78 Å². The number of hydrogen-bond acceptors (Lipinski definition) is 2. The van der Waals surface area contributed by atoms with Gasteiger partial charge in [0.1, 0.15) is 0 Å². The van der Waals surface area contributed by atoms with Gasteiger partial charge in [-0.1, -0.05) is 56.4 Å². The lowest BCUT2D eigenvalue weighted by Crippen LogP contribution is -2.59. The monoisotopic (exact) mass is 434 g/mol. The highest BCUT2D eigenvalue weighted by molar-refractivity contribution is 7.80. The molecule has 2 nitrogen and oxygen atoms in total. The third-order valence-corrected chi connectivity index (χ3v) is 9.05. The van der Waals surface area contributed by atoms with Crippen molar-refractivity contribution in [1.82, 2.24) is 5.32 Å².